The van der Waals surface area contributed by atoms with Crippen LogP contribution < -0.4 is 14.7 Å². The Labute approximate surface area is 174 Å². The minimum atomic E-state index is 0.675. The van der Waals surface area contributed by atoms with Gasteiger partial charge in [-0.15, -0.1) is 0 Å². The molecule has 0 radical (unpaired) electrons. The Morgan fingerprint density at radius 1 is 0.444 bits per heavy atom. The summed E-state index contributed by atoms with van der Waals surface area (Å²) in [6, 6.07) is 23.6. The van der Waals surface area contributed by atoms with Crippen molar-refractivity contribution in [3.05, 3.63) is 87.9 Å². The summed E-state index contributed by atoms with van der Waals surface area (Å²) in [6.07, 6.45) is 0. The van der Waals surface area contributed by atoms with Gasteiger partial charge in [0.25, 0.3) is 0 Å². The molecule has 0 aromatic heterocycles. The Bertz CT molecular complexity index is 819. The molecule has 3 aromatic carbocycles. The monoisotopic (exact) mass is 417 g/mol. The summed E-state index contributed by atoms with van der Waals surface area (Å²) in [4.78, 5) is 6.66. The van der Waals surface area contributed by atoms with Crippen molar-refractivity contribution >= 4 is 51.9 Å². The maximum Gasteiger partial charge on any atom is 0.0938 e. The third-order valence-corrected chi connectivity index (χ3v) is 5.56. The Morgan fingerprint density at radius 3 is 0.963 bits per heavy atom. The van der Waals surface area contributed by atoms with Crippen LogP contribution in [0.5, 0.6) is 0 Å². The van der Waals surface area contributed by atoms with Gasteiger partial charge in [-0.05, 0) is 36.4 Å². The van der Waals surface area contributed by atoms with Gasteiger partial charge in [0.15, 0.2) is 0 Å². The minimum Gasteiger partial charge on any atom is -0.335 e. The third-order valence-electron chi connectivity index (χ3n) is 4.60. The van der Waals surface area contributed by atoms with E-state index in [4.69, 9.17) is 34.8 Å². The van der Waals surface area contributed by atoms with Gasteiger partial charge in [-0.2, -0.15) is 0 Å². The zero-order valence-corrected chi connectivity index (χ0v) is 16.8. The Hall–Kier alpha value is -2.07. The van der Waals surface area contributed by atoms with Crippen LogP contribution in [0.15, 0.2) is 72.8 Å². The van der Waals surface area contributed by atoms with Gasteiger partial charge in [-0.3, -0.25) is 0 Å². The van der Waals surface area contributed by atoms with Crippen LogP contribution in [0.4, 0.5) is 17.1 Å². The third kappa shape index (κ3) is 3.81. The van der Waals surface area contributed by atoms with Crippen LogP contribution in [0, 0.1) is 0 Å². The molecule has 1 heterocycles. The van der Waals surface area contributed by atoms with Crippen molar-refractivity contribution in [2.75, 3.05) is 34.7 Å². The average molecular weight is 419 g/mol. The molecule has 0 spiro atoms. The molecule has 0 amide bonds. The number of rotatable bonds is 3. The minimum absolute atomic E-state index is 0.675. The number of para-hydroxylation sites is 3. The Morgan fingerprint density at radius 2 is 0.704 bits per heavy atom. The zero-order chi connectivity index (χ0) is 18.8. The number of hydrogen-bond acceptors (Lipinski definition) is 3. The Kier molecular flexibility index (Phi) is 5.35. The molecular weight excluding hydrogens is 401 g/mol. The van der Waals surface area contributed by atoms with Crippen molar-refractivity contribution in [3.63, 3.8) is 0 Å². The topological polar surface area (TPSA) is 9.72 Å². The molecule has 0 atom stereocenters. The van der Waals surface area contributed by atoms with Crippen molar-refractivity contribution < 1.29 is 0 Å². The van der Waals surface area contributed by atoms with E-state index in [1.165, 1.54) is 0 Å². The van der Waals surface area contributed by atoms with Crippen LogP contribution >= 0.6 is 34.8 Å². The lowest BCUT2D eigenvalue weighted by Crippen LogP contribution is -2.55. The lowest BCUT2D eigenvalue weighted by Gasteiger charge is -2.45. The van der Waals surface area contributed by atoms with Crippen molar-refractivity contribution in [1.29, 1.82) is 0 Å². The summed E-state index contributed by atoms with van der Waals surface area (Å²) < 4.78 is 0. The van der Waals surface area contributed by atoms with Gasteiger partial charge in [0.05, 0.1) is 52.1 Å². The van der Waals surface area contributed by atoms with Crippen LogP contribution in [-0.4, -0.2) is 20.0 Å². The maximum absolute atomic E-state index is 6.48. The maximum atomic E-state index is 6.48. The van der Waals surface area contributed by atoms with E-state index in [2.05, 4.69) is 14.7 Å². The fourth-order valence-corrected chi connectivity index (χ4v) is 4.10. The van der Waals surface area contributed by atoms with Gasteiger partial charge in [-0.25, -0.2) is 0 Å². The quantitative estimate of drug-likeness (QED) is 0.490. The summed E-state index contributed by atoms with van der Waals surface area (Å²) in [5.41, 5.74) is 2.94. The van der Waals surface area contributed by atoms with Crippen LogP contribution in [0.1, 0.15) is 0 Å². The molecule has 1 saturated heterocycles. The van der Waals surface area contributed by atoms with E-state index in [1.807, 2.05) is 72.8 Å². The molecule has 138 valence electrons. The summed E-state index contributed by atoms with van der Waals surface area (Å²) in [5, 5.41) is 2.16. The molecule has 0 N–H and O–H groups in total. The van der Waals surface area contributed by atoms with E-state index in [0.29, 0.717) is 20.0 Å². The predicted molar refractivity (Wildman–Crippen MR) is 116 cm³/mol. The molecule has 6 heteroatoms. The predicted octanol–water partition coefficient (Wildman–Crippen LogP) is 6.35. The Balaban J connectivity index is 1.74. The van der Waals surface area contributed by atoms with Crippen molar-refractivity contribution in [2.45, 2.75) is 0 Å². The molecule has 27 heavy (non-hydrogen) atoms. The molecule has 1 aliphatic heterocycles. The summed E-state index contributed by atoms with van der Waals surface area (Å²) in [6.45, 7) is 2.03. The fraction of sp³-hybridized carbons (Fsp3) is 0.143. The molecule has 4 rings (SSSR count). The molecule has 0 aliphatic carbocycles. The first-order valence-electron chi connectivity index (χ1n) is 8.62. The summed E-state index contributed by atoms with van der Waals surface area (Å²) in [5.74, 6) is 0. The van der Waals surface area contributed by atoms with Gasteiger partial charge in [0, 0.05) is 0 Å². The van der Waals surface area contributed by atoms with E-state index in [-0.39, 0.29) is 0 Å². The first-order valence-corrected chi connectivity index (χ1v) is 9.75. The smallest absolute Gasteiger partial charge is 0.0938 e. The lowest BCUT2D eigenvalue weighted by atomic mass is 10.2. The lowest BCUT2D eigenvalue weighted by molar-refractivity contribution is 0.611. The SMILES string of the molecule is Clc1ccccc1N1CN(c2ccccc2Cl)CN(c2ccccc2Cl)C1. The standard InChI is InChI=1S/C21H18Cl3N3/c22-16-7-1-4-10-19(16)25-13-26(20-11-5-2-8-17(20)23)15-27(14-25)21-12-6-3-9-18(21)24/h1-12H,13-15H2. The number of hydrogen-bond donors (Lipinski definition) is 0. The molecular formula is C21H18Cl3N3. The van der Waals surface area contributed by atoms with Crippen LogP contribution in [0.3, 0.4) is 0 Å². The van der Waals surface area contributed by atoms with Gasteiger partial charge in [0.1, 0.15) is 0 Å². The van der Waals surface area contributed by atoms with Crippen LogP contribution in [0.25, 0.3) is 0 Å². The van der Waals surface area contributed by atoms with E-state index in [9.17, 15) is 0 Å². The highest BCUT2D eigenvalue weighted by molar-refractivity contribution is 6.34. The summed E-state index contributed by atoms with van der Waals surface area (Å²) in [7, 11) is 0. The van der Waals surface area contributed by atoms with E-state index in [1.54, 1.807) is 0 Å². The zero-order valence-electron chi connectivity index (χ0n) is 14.5. The molecule has 3 nitrogen and oxygen atoms in total. The van der Waals surface area contributed by atoms with Gasteiger partial charge in [0.2, 0.25) is 0 Å². The molecule has 0 unspecified atom stereocenters. The van der Waals surface area contributed by atoms with Gasteiger partial charge in [-0.1, -0.05) is 71.2 Å². The largest absolute Gasteiger partial charge is 0.335 e. The van der Waals surface area contributed by atoms with Crippen LogP contribution in [-0.2, 0) is 0 Å². The number of anilines is 3. The number of benzene rings is 3. The molecule has 0 bridgehead atoms. The first kappa shape index (κ1) is 18.3. The van der Waals surface area contributed by atoms with Gasteiger partial charge >= 0.3 is 0 Å². The highest BCUT2D eigenvalue weighted by Gasteiger charge is 2.27. The summed E-state index contributed by atoms with van der Waals surface area (Å²) >= 11 is 19.4. The first-order chi connectivity index (χ1) is 13.1. The van der Waals surface area contributed by atoms with E-state index in [0.717, 1.165) is 32.1 Å². The second kappa shape index (κ2) is 7.89. The second-order valence-corrected chi connectivity index (χ2v) is 7.62. The average Bonchev–Trinajstić information content (AvgIpc) is 2.69. The number of halogens is 3. The second-order valence-electron chi connectivity index (χ2n) is 6.40. The normalized spacial score (nSPS) is 14.6. The fourth-order valence-electron chi connectivity index (χ4n) is 3.33. The number of nitrogens with zero attached hydrogens (tertiary/aromatic N) is 3. The van der Waals surface area contributed by atoms with E-state index < -0.39 is 0 Å². The van der Waals surface area contributed by atoms with Gasteiger partial charge < -0.3 is 14.7 Å². The highest BCUT2D eigenvalue weighted by Crippen LogP contribution is 2.34. The van der Waals surface area contributed by atoms with Crippen molar-refractivity contribution in [1.82, 2.24) is 0 Å². The van der Waals surface area contributed by atoms with E-state index >= 15 is 0 Å². The van der Waals surface area contributed by atoms with Crippen LogP contribution in [0.2, 0.25) is 15.1 Å². The molecule has 1 aliphatic rings. The van der Waals surface area contributed by atoms with Crippen molar-refractivity contribution in [2.24, 2.45) is 0 Å². The molecule has 3 aromatic rings. The van der Waals surface area contributed by atoms with Crippen molar-refractivity contribution in [3.8, 4) is 0 Å². The molecule has 0 saturated carbocycles. The molecule has 1 fully saturated rings. The highest BCUT2D eigenvalue weighted by atomic mass is 35.5.